The molecular weight excluding hydrogens is 547 g/mol. The van der Waals surface area contributed by atoms with Crippen molar-refractivity contribution in [2.75, 3.05) is 14.1 Å². The van der Waals surface area contributed by atoms with Gasteiger partial charge in [0.2, 0.25) is 0 Å². The standard InChI is InChI=1S/C22H16ClIN4O4/c1-26-20(29)18(21(30)27(2)22(26)31)11-14-12-28(16-7-5-15(23)6-8-16)25-19(14)13-3-9-17(32-24)10-4-13/h3-12H,1-2H3. The molecule has 0 saturated carbocycles. The number of carbonyl (C=O) groups excluding carboxylic acids is 3. The number of urea groups is 1. The Kier molecular flexibility index (Phi) is 6.02. The van der Waals surface area contributed by atoms with Gasteiger partial charge in [0, 0.05) is 36.4 Å². The zero-order chi connectivity index (χ0) is 23.0. The topological polar surface area (TPSA) is 84.7 Å². The summed E-state index contributed by atoms with van der Waals surface area (Å²) in [5.74, 6) is -0.667. The van der Waals surface area contributed by atoms with Crippen LogP contribution in [0.4, 0.5) is 4.79 Å². The van der Waals surface area contributed by atoms with Crippen LogP contribution in [0.5, 0.6) is 5.75 Å². The zero-order valence-corrected chi connectivity index (χ0v) is 19.9. The number of carbonyl (C=O) groups is 3. The number of rotatable bonds is 4. The summed E-state index contributed by atoms with van der Waals surface area (Å²) in [5.41, 5.74) is 2.47. The van der Waals surface area contributed by atoms with Crippen LogP contribution in [0.3, 0.4) is 0 Å². The van der Waals surface area contributed by atoms with Gasteiger partial charge in [0.25, 0.3) is 11.8 Å². The fourth-order valence-corrected chi connectivity index (χ4v) is 3.66. The number of hydrogen-bond donors (Lipinski definition) is 0. The van der Waals surface area contributed by atoms with Gasteiger partial charge in [0.15, 0.2) is 23.0 Å². The number of amides is 4. The zero-order valence-electron chi connectivity index (χ0n) is 17.0. The second-order valence-corrected chi connectivity index (χ2v) is 7.90. The van der Waals surface area contributed by atoms with E-state index < -0.39 is 17.8 Å². The highest BCUT2D eigenvalue weighted by molar-refractivity contribution is 14.1. The summed E-state index contributed by atoms with van der Waals surface area (Å²) in [6, 6.07) is 13.7. The van der Waals surface area contributed by atoms with Crippen LogP contribution in [0.2, 0.25) is 5.02 Å². The molecule has 162 valence electrons. The van der Waals surface area contributed by atoms with Crippen LogP contribution >= 0.6 is 34.6 Å². The molecule has 2 heterocycles. The Morgan fingerprint density at radius 3 is 2.09 bits per heavy atom. The van der Waals surface area contributed by atoms with E-state index in [2.05, 4.69) is 5.10 Å². The first-order valence-corrected chi connectivity index (χ1v) is 10.6. The minimum absolute atomic E-state index is 0.126. The van der Waals surface area contributed by atoms with E-state index in [9.17, 15) is 14.4 Å². The van der Waals surface area contributed by atoms with Crippen molar-refractivity contribution in [2.45, 2.75) is 0 Å². The van der Waals surface area contributed by atoms with Crippen LogP contribution in [-0.4, -0.2) is 51.5 Å². The second kappa shape index (κ2) is 8.75. The minimum atomic E-state index is -0.677. The van der Waals surface area contributed by atoms with Crippen molar-refractivity contribution in [3.63, 3.8) is 0 Å². The van der Waals surface area contributed by atoms with Crippen molar-refractivity contribution < 1.29 is 17.4 Å². The Balaban J connectivity index is 1.86. The van der Waals surface area contributed by atoms with Crippen LogP contribution < -0.4 is 3.07 Å². The molecule has 0 unspecified atom stereocenters. The number of likely N-dealkylation sites (N-methyl/N-ethyl adjacent to an activating group) is 2. The molecule has 4 rings (SSSR count). The van der Waals surface area contributed by atoms with Gasteiger partial charge in [-0.25, -0.2) is 9.48 Å². The monoisotopic (exact) mass is 562 g/mol. The van der Waals surface area contributed by atoms with Crippen molar-refractivity contribution >= 4 is 58.5 Å². The molecule has 1 aromatic heterocycles. The highest BCUT2D eigenvalue weighted by Crippen LogP contribution is 2.29. The molecule has 3 aromatic rings. The first kappa shape index (κ1) is 22.0. The Labute approximate surface area is 202 Å². The smallest absolute Gasteiger partial charge is 0.333 e. The molecule has 0 bridgehead atoms. The van der Waals surface area contributed by atoms with Crippen LogP contribution in [-0.2, 0) is 9.59 Å². The number of aromatic nitrogens is 2. The Morgan fingerprint density at radius 1 is 0.938 bits per heavy atom. The lowest BCUT2D eigenvalue weighted by Gasteiger charge is -2.28. The third-order valence-electron chi connectivity index (χ3n) is 4.99. The Hall–Kier alpha value is -3.18. The third kappa shape index (κ3) is 4.00. The summed E-state index contributed by atoms with van der Waals surface area (Å²) in [5, 5.41) is 5.26. The van der Waals surface area contributed by atoms with E-state index in [1.165, 1.54) is 20.2 Å². The van der Waals surface area contributed by atoms with Gasteiger partial charge < -0.3 is 3.07 Å². The van der Waals surface area contributed by atoms with E-state index in [0.717, 1.165) is 21.1 Å². The normalized spacial score (nSPS) is 14.2. The van der Waals surface area contributed by atoms with Gasteiger partial charge in [0.1, 0.15) is 11.3 Å². The van der Waals surface area contributed by atoms with Crippen molar-refractivity contribution in [1.82, 2.24) is 19.6 Å². The van der Waals surface area contributed by atoms with E-state index in [4.69, 9.17) is 14.7 Å². The fraction of sp³-hybridized carbons (Fsp3) is 0.0909. The fourth-order valence-electron chi connectivity index (χ4n) is 3.24. The molecule has 0 atom stereocenters. The molecule has 0 aliphatic carbocycles. The van der Waals surface area contributed by atoms with Crippen LogP contribution in [0.15, 0.2) is 60.3 Å². The molecule has 1 aliphatic rings. The molecule has 0 N–H and O–H groups in total. The molecule has 1 saturated heterocycles. The van der Waals surface area contributed by atoms with Crippen molar-refractivity contribution in [2.24, 2.45) is 0 Å². The molecule has 0 radical (unpaired) electrons. The molecule has 8 nitrogen and oxygen atoms in total. The lowest BCUT2D eigenvalue weighted by Crippen LogP contribution is -2.52. The molecule has 0 spiro atoms. The highest BCUT2D eigenvalue weighted by atomic mass is 127. The second-order valence-electron chi connectivity index (χ2n) is 7.02. The number of nitrogens with zero attached hydrogens (tertiary/aromatic N) is 4. The summed E-state index contributed by atoms with van der Waals surface area (Å²) in [4.78, 5) is 39.2. The quantitative estimate of drug-likeness (QED) is 0.268. The molecule has 10 heteroatoms. The maximum absolute atomic E-state index is 12.7. The van der Waals surface area contributed by atoms with E-state index in [-0.39, 0.29) is 5.57 Å². The average Bonchev–Trinajstić information content (AvgIpc) is 3.23. The largest absolute Gasteiger partial charge is 0.428 e. The molecule has 1 aliphatic heterocycles. The lowest BCUT2D eigenvalue weighted by atomic mass is 10.0. The molecule has 2 aromatic carbocycles. The maximum Gasteiger partial charge on any atom is 0.333 e. The maximum atomic E-state index is 12.7. The van der Waals surface area contributed by atoms with E-state index >= 15 is 0 Å². The molecule has 32 heavy (non-hydrogen) atoms. The minimum Gasteiger partial charge on any atom is -0.428 e. The van der Waals surface area contributed by atoms with Crippen LogP contribution in [0, 0.1) is 0 Å². The van der Waals surface area contributed by atoms with Crippen LogP contribution in [0.1, 0.15) is 5.56 Å². The van der Waals surface area contributed by atoms with Crippen molar-refractivity contribution in [1.29, 1.82) is 0 Å². The lowest BCUT2D eigenvalue weighted by molar-refractivity contribution is -0.134. The third-order valence-corrected chi connectivity index (χ3v) is 5.75. The summed E-state index contributed by atoms with van der Waals surface area (Å²) < 4.78 is 6.83. The average molecular weight is 563 g/mol. The van der Waals surface area contributed by atoms with Crippen molar-refractivity contribution in [3.05, 3.63) is 70.9 Å². The Morgan fingerprint density at radius 2 is 1.53 bits per heavy atom. The van der Waals surface area contributed by atoms with Gasteiger partial charge >= 0.3 is 6.03 Å². The Bertz CT molecular complexity index is 1230. The van der Waals surface area contributed by atoms with Gasteiger partial charge in [-0.15, -0.1) is 0 Å². The van der Waals surface area contributed by atoms with E-state index in [1.54, 1.807) is 70.3 Å². The number of imide groups is 2. The van der Waals surface area contributed by atoms with Crippen molar-refractivity contribution in [3.8, 4) is 22.7 Å². The number of benzene rings is 2. The van der Waals surface area contributed by atoms with Gasteiger partial charge in [-0.2, -0.15) is 5.10 Å². The highest BCUT2D eigenvalue weighted by Gasteiger charge is 2.38. The number of halogens is 2. The van der Waals surface area contributed by atoms with Gasteiger partial charge in [-0.1, -0.05) is 11.6 Å². The van der Waals surface area contributed by atoms with E-state index in [0.29, 0.717) is 22.0 Å². The first-order chi connectivity index (χ1) is 15.3. The van der Waals surface area contributed by atoms with Gasteiger partial charge in [0.05, 0.1) is 11.4 Å². The van der Waals surface area contributed by atoms with E-state index in [1.807, 2.05) is 12.1 Å². The van der Waals surface area contributed by atoms with Gasteiger partial charge in [-0.3, -0.25) is 19.4 Å². The summed E-state index contributed by atoms with van der Waals surface area (Å²) >= 11 is 7.79. The SMILES string of the molecule is CN1C(=O)C(=Cc2cn(-c3ccc(Cl)cc3)nc2-c2ccc(OI)cc2)C(=O)N(C)C1=O. The summed E-state index contributed by atoms with van der Waals surface area (Å²) in [6.45, 7) is 0. The first-order valence-electron chi connectivity index (χ1n) is 9.36. The molecule has 4 amide bonds. The molecular formula is C22H16ClIN4O4. The van der Waals surface area contributed by atoms with Gasteiger partial charge in [-0.05, 0) is 54.6 Å². The predicted molar refractivity (Wildman–Crippen MR) is 128 cm³/mol. The summed E-state index contributed by atoms with van der Waals surface area (Å²) in [6.07, 6.45) is 3.17. The number of barbiturate groups is 1. The number of hydrogen-bond acceptors (Lipinski definition) is 5. The van der Waals surface area contributed by atoms with Crippen LogP contribution in [0.25, 0.3) is 23.0 Å². The summed E-state index contributed by atoms with van der Waals surface area (Å²) in [7, 11) is 2.67. The molecule has 1 fully saturated rings. The predicted octanol–water partition coefficient (Wildman–Crippen LogP) is 4.36.